The summed E-state index contributed by atoms with van der Waals surface area (Å²) < 4.78 is 6.72. The molecule has 2 heterocycles. The highest BCUT2D eigenvalue weighted by atomic mass is 35.5. The molecule has 1 aliphatic heterocycles. The SMILES string of the molecule is CCOC(=O)c1c(C)nc2[n+](c1-c1ccccc1)C(=O)/C(=C/Cc1cc(Cl)ccc1O)S2. The Labute approximate surface area is 194 Å². The second-order valence-electron chi connectivity index (χ2n) is 7.08. The molecule has 0 aliphatic carbocycles. The van der Waals surface area contributed by atoms with Gasteiger partial charge < -0.3 is 9.84 Å². The predicted molar refractivity (Wildman–Crippen MR) is 122 cm³/mol. The van der Waals surface area contributed by atoms with Gasteiger partial charge in [-0.25, -0.2) is 9.59 Å². The van der Waals surface area contributed by atoms with Crippen molar-refractivity contribution >= 4 is 35.2 Å². The third-order valence-corrected chi connectivity index (χ3v) is 6.22. The van der Waals surface area contributed by atoms with Gasteiger partial charge in [-0.15, -0.1) is 4.57 Å². The maximum Gasteiger partial charge on any atom is 0.372 e. The molecular formula is C24H20ClN2O4S+. The lowest BCUT2D eigenvalue weighted by atomic mass is 10.0. The Morgan fingerprint density at radius 1 is 1.25 bits per heavy atom. The zero-order valence-corrected chi connectivity index (χ0v) is 19.0. The maximum atomic E-state index is 13.4. The van der Waals surface area contributed by atoms with Crippen molar-refractivity contribution < 1.29 is 24.0 Å². The van der Waals surface area contributed by atoms with Crippen LogP contribution in [0.1, 0.15) is 33.3 Å². The van der Waals surface area contributed by atoms with E-state index in [0.29, 0.717) is 44.0 Å². The zero-order valence-electron chi connectivity index (χ0n) is 17.5. The number of fused-ring (bicyclic) bond motifs is 1. The molecule has 0 spiro atoms. The third-order valence-electron chi connectivity index (χ3n) is 4.97. The number of hydrogen-bond donors (Lipinski definition) is 1. The van der Waals surface area contributed by atoms with Gasteiger partial charge in [0.1, 0.15) is 10.7 Å². The second kappa shape index (κ2) is 9.14. The first-order valence-corrected chi connectivity index (χ1v) is 11.2. The molecule has 3 aromatic rings. The van der Waals surface area contributed by atoms with Gasteiger partial charge in [0.2, 0.25) is 0 Å². The minimum atomic E-state index is -0.522. The molecule has 0 amide bonds. The molecule has 162 valence electrons. The summed E-state index contributed by atoms with van der Waals surface area (Å²) in [5.41, 5.74) is 2.54. The minimum Gasteiger partial charge on any atom is -0.508 e. The normalized spacial score (nSPS) is 14.0. The number of phenolic OH excluding ortho intramolecular Hbond substituents is 1. The number of benzene rings is 2. The van der Waals surface area contributed by atoms with E-state index in [1.807, 2.05) is 30.3 Å². The summed E-state index contributed by atoms with van der Waals surface area (Å²) in [6, 6.07) is 14.0. The second-order valence-corrected chi connectivity index (χ2v) is 8.52. The number of ether oxygens (including phenoxy) is 1. The molecule has 32 heavy (non-hydrogen) atoms. The van der Waals surface area contributed by atoms with Crippen LogP contribution in [0.25, 0.3) is 11.3 Å². The Kier molecular flexibility index (Phi) is 6.30. The van der Waals surface area contributed by atoms with E-state index in [2.05, 4.69) is 4.98 Å². The smallest absolute Gasteiger partial charge is 0.372 e. The van der Waals surface area contributed by atoms with Gasteiger partial charge in [-0.3, -0.25) is 0 Å². The summed E-state index contributed by atoms with van der Waals surface area (Å²) in [4.78, 5) is 31.2. The lowest BCUT2D eigenvalue weighted by Crippen LogP contribution is -2.45. The van der Waals surface area contributed by atoms with E-state index in [4.69, 9.17) is 16.3 Å². The number of rotatable bonds is 5. The van der Waals surface area contributed by atoms with E-state index in [0.717, 1.165) is 0 Å². The lowest BCUT2D eigenvalue weighted by Gasteiger charge is -2.10. The summed E-state index contributed by atoms with van der Waals surface area (Å²) in [6.45, 7) is 3.68. The van der Waals surface area contributed by atoms with Crippen molar-refractivity contribution in [1.82, 2.24) is 4.98 Å². The van der Waals surface area contributed by atoms with E-state index >= 15 is 0 Å². The zero-order chi connectivity index (χ0) is 22.8. The first-order chi connectivity index (χ1) is 15.4. The minimum absolute atomic E-state index is 0.107. The number of esters is 1. The van der Waals surface area contributed by atoms with Crippen molar-refractivity contribution in [2.24, 2.45) is 0 Å². The Hall–Kier alpha value is -3.16. The van der Waals surface area contributed by atoms with Crippen molar-refractivity contribution in [1.29, 1.82) is 0 Å². The van der Waals surface area contributed by atoms with Crippen LogP contribution in [0.2, 0.25) is 5.02 Å². The number of aryl methyl sites for hydroxylation is 1. The quantitative estimate of drug-likeness (QED) is 0.252. The van der Waals surface area contributed by atoms with Crippen LogP contribution in [0.3, 0.4) is 0 Å². The molecule has 8 heteroatoms. The first kappa shape index (κ1) is 22.0. The van der Waals surface area contributed by atoms with E-state index in [9.17, 15) is 14.7 Å². The molecule has 0 bridgehead atoms. The molecule has 0 fully saturated rings. The fraction of sp³-hybridized carbons (Fsp3) is 0.167. The van der Waals surface area contributed by atoms with E-state index in [1.54, 1.807) is 32.1 Å². The summed E-state index contributed by atoms with van der Waals surface area (Å²) in [5.74, 6) is -0.704. The number of carbonyl (C=O) groups is 2. The summed E-state index contributed by atoms with van der Waals surface area (Å²) >= 11 is 7.26. The maximum absolute atomic E-state index is 13.4. The molecule has 4 rings (SSSR count). The van der Waals surface area contributed by atoms with Crippen LogP contribution in [0.4, 0.5) is 0 Å². The lowest BCUT2D eigenvalue weighted by molar-refractivity contribution is -0.601. The van der Waals surface area contributed by atoms with E-state index in [-0.39, 0.29) is 23.8 Å². The molecule has 0 radical (unpaired) electrons. The molecule has 1 aliphatic rings. The highest BCUT2D eigenvalue weighted by Gasteiger charge is 2.41. The highest BCUT2D eigenvalue weighted by molar-refractivity contribution is 8.04. The van der Waals surface area contributed by atoms with Crippen LogP contribution in [0.5, 0.6) is 5.75 Å². The van der Waals surface area contributed by atoms with Gasteiger partial charge in [-0.2, -0.15) is 0 Å². The van der Waals surface area contributed by atoms with Crippen LogP contribution < -0.4 is 4.57 Å². The third kappa shape index (κ3) is 4.13. The molecule has 6 nitrogen and oxygen atoms in total. The van der Waals surface area contributed by atoms with Gasteiger partial charge >= 0.3 is 17.0 Å². The highest BCUT2D eigenvalue weighted by Crippen LogP contribution is 2.35. The molecule has 0 saturated carbocycles. The van der Waals surface area contributed by atoms with Crippen LogP contribution in [-0.2, 0) is 11.2 Å². The number of phenols is 1. The fourth-order valence-corrected chi connectivity index (χ4v) is 4.69. The van der Waals surface area contributed by atoms with E-state index in [1.165, 1.54) is 22.4 Å². The molecule has 0 unspecified atom stereocenters. The summed E-state index contributed by atoms with van der Waals surface area (Å²) in [7, 11) is 0. The Morgan fingerprint density at radius 2 is 2.00 bits per heavy atom. The predicted octanol–water partition coefficient (Wildman–Crippen LogP) is 4.75. The average Bonchev–Trinajstić information content (AvgIpc) is 3.09. The standard InChI is InChI=1S/C24H19ClN2O4S/c1-3-31-23(30)20-14(2)26-24-27(21(20)15-7-5-4-6-8-15)22(29)19(32-24)12-9-16-13-17(25)10-11-18(16)28/h4-8,10-13H,3,9H2,1-2H3/p+1/b19-12-. The molecule has 0 atom stereocenters. The molecule has 1 aromatic heterocycles. The number of hydrogen-bond acceptors (Lipinski definition) is 6. The van der Waals surface area contributed by atoms with Crippen LogP contribution in [-0.4, -0.2) is 28.6 Å². The van der Waals surface area contributed by atoms with Gasteiger partial charge in [-0.05, 0) is 42.1 Å². The fourth-order valence-electron chi connectivity index (χ4n) is 3.50. The Morgan fingerprint density at radius 3 is 2.72 bits per heavy atom. The number of allylic oxidation sites excluding steroid dienone is 2. The average molecular weight is 468 g/mol. The van der Waals surface area contributed by atoms with Crippen molar-refractivity contribution in [2.75, 3.05) is 6.61 Å². The summed E-state index contributed by atoms with van der Waals surface area (Å²) in [6.07, 6.45) is 2.06. The van der Waals surface area contributed by atoms with Crippen molar-refractivity contribution in [2.45, 2.75) is 25.4 Å². The van der Waals surface area contributed by atoms with Gasteiger partial charge in [0.05, 0.1) is 6.61 Å². The number of carbonyl (C=O) groups excluding carboxylic acids is 2. The van der Waals surface area contributed by atoms with Gasteiger partial charge in [0.25, 0.3) is 0 Å². The number of aromatic nitrogens is 2. The largest absolute Gasteiger partial charge is 0.508 e. The number of thioether (sulfide) groups is 1. The number of aromatic hydroxyl groups is 1. The van der Waals surface area contributed by atoms with Crippen molar-refractivity contribution in [3.8, 4) is 17.0 Å². The van der Waals surface area contributed by atoms with Gasteiger partial charge in [0.15, 0.2) is 17.0 Å². The Bertz CT molecular complexity index is 1260. The van der Waals surface area contributed by atoms with Gasteiger partial charge in [-0.1, -0.05) is 48.0 Å². The molecule has 0 saturated heterocycles. The van der Waals surface area contributed by atoms with E-state index < -0.39 is 5.97 Å². The van der Waals surface area contributed by atoms with Gasteiger partial charge in [0, 0.05) is 29.3 Å². The first-order valence-electron chi connectivity index (χ1n) is 10.00. The topological polar surface area (TPSA) is 80.4 Å². The molecular weight excluding hydrogens is 448 g/mol. The summed E-state index contributed by atoms with van der Waals surface area (Å²) in [5, 5.41) is 11.1. The Balaban J connectivity index is 1.82. The van der Waals surface area contributed by atoms with Crippen molar-refractivity contribution in [3.05, 3.63) is 81.4 Å². The van der Waals surface area contributed by atoms with Crippen LogP contribution >= 0.6 is 23.4 Å². The molecule has 1 N–H and O–H groups in total. The van der Waals surface area contributed by atoms with Crippen molar-refractivity contribution in [3.63, 3.8) is 0 Å². The number of nitrogens with zero attached hydrogens (tertiary/aromatic N) is 2. The molecule has 2 aromatic carbocycles. The van der Waals surface area contributed by atoms with Crippen LogP contribution in [0, 0.1) is 6.92 Å². The van der Waals surface area contributed by atoms with Crippen LogP contribution in [0.15, 0.2) is 64.7 Å². The number of halogens is 1. The monoisotopic (exact) mass is 467 g/mol.